The third-order valence-electron chi connectivity index (χ3n) is 3.35. The van der Waals surface area contributed by atoms with Gasteiger partial charge in [0.2, 0.25) is 0 Å². The molecule has 5 nitrogen and oxygen atoms in total. The van der Waals surface area contributed by atoms with Gasteiger partial charge in [-0.2, -0.15) is 11.3 Å². The zero-order valence-electron chi connectivity index (χ0n) is 13.2. The quantitative estimate of drug-likeness (QED) is 0.710. The van der Waals surface area contributed by atoms with Gasteiger partial charge in [0.15, 0.2) is 18.1 Å². The SMILES string of the molecule is COc1ccccc1OCC(=O)NCc1ccc(-c2ccsc2)o1. The highest BCUT2D eigenvalue weighted by atomic mass is 32.1. The molecule has 3 aromatic rings. The van der Waals surface area contributed by atoms with Crippen LogP contribution in [0.2, 0.25) is 0 Å². The first-order chi connectivity index (χ1) is 11.8. The van der Waals surface area contributed by atoms with Crippen molar-refractivity contribution in [2.75, 3.05) is 13.7 Å². The molecule has 0 radical (unpaired) electrons. The van der Waals surface area contributed by atoms with Crippen LogP contribution in [0.15, 0.2) is 57.6 Å². The molecule has 0 atom stereocenters. The molecule has 124 valence electrons. The molecule has 1 N–H and O–H groups in total. The summed E-state index contributed by atoms with van der Waals surface area (Å²) in [7, 11) is 1.56. The molecule has 0 unspecified atom stereocenters. The van der Waals surface area contributed by atoms with Crippen LogP contribution >= 0.6 is 11.3 Å². The number of ether oxygens (including phenoxy) is 2. The topological polar surface area (TPSA) is 60.7 Å². The lowest BCUT2D eigenvalue weighted by atomic mass is 10.3. The molecule has 0 saturated heterocycles. The molecule has 0 spiro atoms. The average molecular weight is 343 g/mol. The molecule has 1 aromatic carbocycles. The zero-order chi connectivity index (χ0) is 16.8. The van der Waals surface area contributed by atoms with Crippen molar-refractivity contribution < 1.29 is 18.7 Å². The fraction of sp³-hybridized carbons (Fsp3) is 0.167. The number of furan rings is 1. The summed E-state index contributed by atoms with van der Waals surface area (Å²) in [5, 5.41) is 6.78. The molecule has 2 heterocycles. The van der Waals surface area contributed by atoms with E-state index in [0.717, 1.165) is 11.3 Å². The van der Waals surface area contributed by atoms with Gasteiger partial charge in [-0.05, 0) is 35.7 Å². The number of rotatable bonds is 7. The Labute approximate surface area is 143 Å². The van der Waals surface area contributed by atoms with Crippen molar-refractivity contribution in [1.29, 1.82) is 0 Å². The lowest BCUT2D eigenvalue weighted by Crippen LogP contribution is -2.28. The van der Waals surface area contributed by atoms with Crippen LogP contribution in [0.1, 0.15) is 5.76 Å². The number of methoxy groups -OCH3 is 1. The van der Waals surface area contributed by atoms with Crippen molar-refractivity contribution in [1.82, 2.24) is 5.32 Å². The van der Waals surface area contributed by atoms with Gasteiger partial charge in [0.05, 0.1) is 13.7 Å². The van der Waals surface area contributed by atoms with E-state index < -0.39 is 0 Å². The minimum Gasteiger partial charge on any atom is -0.493 e. The largest absolute Gasteiger partial charge is 0.493 e. The lowest BCUT2D eigenvalue weighted by molar-refractivity contribution is -0.123. The molecular formula is C18H17NO4S. The molecule has 3 rings (SSSR count). The first-order valence-electron chi connectivity index (χ1n) is 7.40. The second-order valence-electron chi connectivity index (χ2n) is 4.99. The second-order valence-corrected chi connectivity index (χ2v) is 5.77. The van der Waals surface area contributed by atoms with Gasteiger partial charge < -0.3 is 19.2 Å². The first kappa shape index (κ1) is 16.1. The highest BCUT2D eigenvalue weighted by molar-refractivity contribution is 7.08. The third-order valence-corrected chi connectivity index (χ3v) is 4.04. The Kier molecular flexibility index (Phi) is 5.18. The number of carbonyl (C=O) groups excluding carboxylic acids is 1. The van der Waals surface area contributed by atoms with Crippen molar-refractivity contribution in [3.8, 4) is 22.8 Å². The van der Waals surface area contributed by atoms with Gasteiger partial charge in [-0.15, -0.1) is 0 Å². The molecule has 6 heteroatoms. The summed E-state index contributed by atoms with van der Waals surface area (Å²) in [5.74, 6) is 2.40. The Morgan fingerprint density at radius 2 is 2.00 bits per heavy atom. The number of nitrogens with one attached hydrogen (secondary N) is 1. The van der Waals surface area contributed by atoms with Crippen LogP contribution in [0.5, 0.6) is 11.5 Å². The van der Waals surface area contributed by atoms with E-state index in [1.165, 1.54) is 0 Å². The van der Waals surface area contributed by atoms with Crippen molar-refractivity contribution in [2.24, 2.45) is 0 Å². The molecule has 2 aromatic heterocycles. The third kappa shape index (κ3) is 3.97. The van der Waals surface area contributed by atoms with Crippen molar-refractivity contribution >= 4 is 17.2 Å². The summed E-state index contributed by atoms with van der Waals surface area (Å²) < 4.78 is 16.4. The molecule has 1 amide bonds. The van der Waals surface area contributed by atoms with Gasteiger partial charge in [-0.1, -0.05) is 12.1 Å². The fourth-order valence-electron chi connectivity index (χ4n) is 2.15. The monoisotopic (exact) mass is 343 g/mol. The van der Waals surface area contributed by atoms with E-state index in [2.05, 4.69) is 5.32 Å². The zero-order valence-corrected chi connectivity index (χ0v) is 14.0. The second kappa shape index (κ2) is 7.70. The van der Waals surface area contributed by atoms with Crippen LogP contribution in [0.4, 0.5) is 0 Å². The summed E-state index contributed by atoms with van der Waals surface area (Å²) in [6.07, 6.45) is 0. The molecule has 0 aliphatic carbocycles. The van der Waals surface area contributed by atoms with Gasteiger partial charge >= 0.3 is 0 Å². The minimum atomic E-state index is -0.227. The number of para-hydroxylation sites is 2. The van der Waals surface area contributed by atoms with E-state index >= 15 is 0 Å². The van der Waals surface area contributed by atoms with Crippen LogP contribution in [0.3, 0.4) is 0 Å². The number of amides is 1. The average Bonchev–Trinajstić information content (AvgIpc) is 3.29. The number of thiophene rings is 1. The van der Waals surface area contributed by atoms with Crippen LogP contribution in [0.25, 0.3) is 11.3 Å². The highest BCUT2D eigenvalue weighted by Gasteiger charge is 2.09. The molecule has 0 saturated carbocycles. The van der Waals surface area contributed by atoms with Gasteiger partial charge in [0.25, 0.3) is 5.91 Å². The first-order valence-corrected chi connectivity index (χ1v) is 8.34. The van der Waals surface area contributed by atoms with Crippen LogP contribution in [-0.4, -0.2) is 19.6 Å². The molecule has 0 bridgehead atoms. The number of carbonyl (C=O) groups is 1. The van der Waals surface area contributed by atoms with E-state index in [4.69, 9.17) is 13.9 Å². The lowest BCUT2D eigenvalue weighted by Gasteiger charge is -2.10. The number of benzene rings is 1. The van der Waals surface area contributed by atoms with E-state index in [1.807, 2.05) is 41.1 Å². The molecule has 24 heavy (non-hydrogen) atoms. The fourth-order valence-corrected chi connectivity index (χ4v) is 2.80. The standard InChI is InChI=1S/C18H17NO4S/c1-21-16-4-2-3-5-17(16)22-11-18(20)19-10-14-6-7-15(23-14)13-8-9-24-12-13/h2-9,12H,10-11H2,1H3,(H,19,20). The molecular weight excluding hydrogens is 326 g/mol. The Morgan fingerprint density at radius 3 is 2.75 bits per heavy atom. The van der Waals surface area contributed by atoms with Crippen LogP contribution < -0.4 is 14.8 Å². The predicted octanol–water partition coefficient (Wildman–Crippen LogP) is 3.71. The van der Waals surface area contributed by atoms with Gasteiger partial charge in [0, 0.05) is 10.9 Å². The van der Waals surface area contributed by atoms with Crippen LogP contribution in [-0.2, 0) is 11.3 Å². The maximum absolute atomic E-state index is 11.9. The van der Waals surface area contributed by atoms with Crippen molar-refractivity contribution in [2.45, 2.75) is 6.54 Å². The Morgan fingerprint density at radius 1 is 1.17 bits per heavy atom. The summed E-state index contributed by atoms with van der Waals surface area (Å²) in [6, 6.07) is 12.9. The van der Waals surface area contributed by atoms with Crippen molar-refractivity contribution in [3.05, 3.63) is 59.0 Å². The Bertz CT molecular complexity index is 795. The maximum Gasteiger partial charge on any atom is 0.258 e. The van der Waals surface area contributed by atoms with E-state index in [1.54, 1.807) is 30.6 Å². The molecule has 0 aliphatic heterocycles. The highest BCUT2D eigenvalue weighted by Crippen LogP contribution is 2.26. The number of hydrogen-bond acceptors (Lipinski definition) is 5. The maximum atomic E-state index is 11.9. The Balaban J connectivity index is 1.49. The van der Waals surface area contributed by atoms with Gasteiger partial charge in [-0.25, -0.2) is 0 Å². The Hall–Kier alpha value is -2.73. The van der Waals surface area contributed by atoms with Crippen LogP contribution in [0, 0.1) is 0 Å². The van der Waals surface area contributed by atoms with E-state index in [9.17, 15) is 4.79 Å². The molecule has 0 fully saturated rings. The minimum absolute atomic E-state index is 0.0849. The van der Waals surface area contributed by atoms with Crippen molar-refractivity contribution in [3.63, 3.8) is 0 Å². The number of hydrogen-bond donors (Lipinski definition) is 1. The smallest absolute Gasteiger partial charge is 0.258 e. The summed E-state index contributed by atoms with van der Waals surface area (Å²) in [6.45, 7) is 0.233. The summed E-state index contributed by atoms with van der Waals surface area (Å²) in [5.41, 5.74) is 1.04. The van der Waals surface area contributed by atoms with Gasteiger partial charge in [-0.3, -0.25) is 4.79 Å². The van der Waals surface area contributed by atoms with E-state index in [0.29, 0.717) is 23.8 Å². The molecule has 0 aliphatic rings. The van der Waals surface area contributed by atoms with Gasteiger partial charge in [0.1, 0.15) is 11.5 Å². The van der Waals surface area contributed by atoms with E-state index in [-0.39, 0.29) is 12.5 Å². The summed E-state index contributed by atoms with van der Waals surface area (Å²) in [4.78, 5) is 11.9. The predicted molar refractivity (Wildman–Crippen MR) is 92.4 cm³/mol. The normalized spacial score (nSPS) is 10.4. The summed E-state index contributed by atoms with van der Waals surface area (Å²) >= 11 is 1.61.